The van der Waals surface area contributed by atoms with Gasteiger partial charge in [0.2, 0.25) is 23.6 Å². The number of likely N-dealkylation sites (tertiary alicyclic amines) is 1. The number of amides is 4. The number of nitrogens with zero attached hydrogens (tertiary/aromatic N) is 3. The highest BCUT2D eigenvalue weighted by atomic mass is 16.5. The summed E-state index contributed by atoms with van der Waals surface area (Å²) >= 11 is 0. The van der Waals surface area contributed by atoms with E-state index in [9.17, 15) is 19.2 Å². The maximum absolute atomic E-state index is 14.0. The minimum Gasteiger partial charge on any atom is -0.379 e. The highest BCUT2D eigenvalue weighted by Gasteiger charge is 2.43. The second-order valence-corrected chi connectivity index (χ2v) is 13.1. The van der Waals surface area contributed by atoms with Gasteiger partial charge in [-0.25, -0.2) is 0 Å². The SMILES string of the molecule is CC[C@H](C)C([C@@H](CC(=O)N1CCC[C@H]1[C@H](OC)[C@@H](C)C(=O)NC)OC)N(C)C(=O)[C@@H](NC(=O)[C@H](C(C)C)N(C)C)C(C)C. The minimum atomic E-state index is -0.727. The van der Waals surface area contributed by atoms with Crippen LogP contribution in [0.3, 0.4) is 0 Å². The molecule has 0 radical (unpaired) electrons. The van der Waals surface area contributed by atoms with Gasteiger partial charge >= 0.3 is 0 Å². The van der Waals surface area contributed by atoms with Crippen LogP contribution in [0.25, 0.3) is 0 Å². The normalized spacial score (nSPS) is 20.4. The molecule has 1 aliphatic heterocycles. The van der Waals surface area contributed by atoms with E-state index in [1.165, 1.54) is 0 Å². The highest BCUT2D eigenvalue weighted by molar-refractivity contribution is 5.90. The van der Waals surface area contributed by atoms with Crippen LogP contribution < -0.4 is 10.6 Å². The first-order valence-corrected chi connectivity index (χ1v) is 15.9. The summed E-state index contributed by atoms with van der Waals surface area (Å²) in [6.45, 7) is 14.3. The van der Waals surface area contributed by atoms with Gasteiger partial charge in [-0.15, -0.1) is 0 Å². The summed E-state index contributed by atoms with van der Waals surface area (Å²) in [5.41, 5.74) is 0. The maximum atomic E-state index is 14.0. The van der Waals surface area contributed by atoms with Crippen LogP contribution in [0.1, 0.15) is 74.1 Å². The van der Waals surface area contributed by atoms with E-state index in [-0.39, 0.29) is 59.9 Å². The van der Waals surface area contributed by atoms with Crippen LogP contribution in [0.2, 0.25) is 0 Å². The summed E-state index contributed by atoms with van der Waals surface area (Å²) in [5, 5.41) is 5.71. The van der Waals surface area contributed by atoms with Crippen molar-refractivity contribution in [3.63, 3.8) is 0 Å². The molecule has 250 valence electrons. The van der Waals surface area contributed by atoms with Crippen molar-refractivity contribution in [3.05, 3.63) is 0 Å². The molecule has 4 amide bonds. The first kappa shape index (κ1) is 38.8. The van der Waals surface area contributed by atoms with Crippen molar-refractivity contribution in [1.82, 2.24) is 25.3 Å². The third kappa shape index (κ3) is 9.88. The third-order valence-corrected chi connectivity index (χ3v) is 9.19. The van der Waals surface area contributed by atoms with E-state index in [4.69, 9.17) is 9.47 Å². The number of hydrogen-bond acceptors (Lipinski definition) is 7. The summed E-state index contributed by atoms with van der Waals surface area (Å²) in [6.07, 6.45) is 1.42. The zero-order valence-electron chi connectivity index (χ0n) is 29.1. The van der Waals surface area contributed by atoms with E-state index in [0.29, 0.717) is 6.54 Å². The number of carbonyl (C=O) groups excluding carboxylic acids is 4. The van der Waals surface area contributed by atoms with Crippen molar-refractivity contribution in [2.75, 3.05) is 49.0 Å². The zero-order chi connectivity index (χ0) is 33.2. The molecule has 1 saturated heterocycles. The smallest absolute Gasteiger partial charge is 0.245 e. The molecule has 11 heteroatoms. The van der Waals surface area contributed by atoms with E-state index in [0.717, 1.165) is 19.3 Å². The molecule has 0 aromatic heterocycles. The molecule has 43 heavy (non-hydrogen) atoms. The standard InChI is InChI=1S/C32H61N5O6/c1-14-21(6)28(36(11)32(41)26(19(2)3)34-31(40)27(20(4)5)35(9)10)24(42-12)18-25(38)37-17-15-16-23(37)29(43-13)22(7)30(39)33-8/h19-24,26-29H,14-18H2,1-13H3,(H,33,39)(H,34,40)/t21-,22+,23-,24+,26-,27-,28?,29+/m0/s1. The van der Waals surface area contributed by atoms with Gasteiger partial charge in [-0.3, -0.25) is 24.1 Å². The first-order valence-electron chi connectivity index (χ1n) is 15.9. The Kier molecular flexibility index (Phi) is 16.1. The summed E-state index contributed by atoms with van der Waals surface area (Å²) in [4.78, 5) is 58.9. The summed E-state index contributed by atoms with van der Waals surface area (Å²) in [5.74, 6) is -1.08. The summed E-state index contributed by atoms with van der Waals surface area (Å²) in [7, 11) is 10.2. The Morgan fingerprint density at radius 1 is 0.930 bits per heavy atom. The maximum Gasteiger partial charge on any atom is 0.245 e. The minimum absolute atomic E-state index is 0.0229. The lowest BCUT2D eigenvalue weighted by Crippen LogP contribution is -2.59. The summed E-state index contributed by atoms with van der Waals surface area (Å²) < 4.78 is 11.7. The lowest BCUT2D eigenvalue weighted by Gasteiger charge is -2.41. The fraction of sp³-hybridized carbons (Fsp3) is 0.875. The monoisotopic (exact) mass is 611 g/mol. The van der Waals surface area contributed by atoms with Crippen molar-refractivity contribution in [2.24, 2.45) is 23.7 Å². The molecule has 0 bridgehead atoms. The number of methoxy groups -OCH3 is 2. The van der Waals surface area contributed by atoms with Crippen molar-refractivity contribution in [3.8, 4) is 0 Å². The average Bonchev–Trinajstić information content (AvgIpc) is 3.43. The number of nitrogens with one attached hydrogen (secondary N) is 2. The molecule has 1 fully saturated rings. The molecular formula is C32H61N5O6. The third-order valence-electron chi connectivity index (χ3n) is 9.19. The van der Waals surface area contributed by atoms with Gasteiger partial charge in [-0.2, -0.15) is 0 Å². The van der Waals surface area contributed by atoms with Gasteiger partial charge in [-0.05, 0) is 44.7 Å². The van der Waals surface area contributed by atoms with Crippen LogP contribution >= 0.6 is 0 Å². The van der Waals surface area contributed by atoms with Crippen LogP contribution in [0.15, 0.2) is 0 Å². The van der Waals surface area contributed by atoms with Crippen LogP contribution in [-0.4, -0.2) is 124 Å². The van der Waals surface area contributed by atoms with Gasteiger partial charge in [-0.1, -0.05) is 54.9 Å². The fourth-order valence-electron chi connectivity index (χ4n) is 6.64. The van der Waals surface area contributed by atoms with E-state index in [1.807, 2.05) is 58.5 Å². The molecular weight excluding hydrogens is 550 g/mol. The predicted octanol–water partition coefficient (Wildman–Crippen LogP) is 2.38. The Hall–Kier alpha value is -2.24. The van der Waals surface area contributed by atoms with Crippen LogP contribution in [0, 0.1) is 23.7 Å². The molecule has 1 aliphatic rings. The van der Waals surface area contributed by atoms with E-state index >= 15 is 0 Å². The van der Waals surface area contributed by atoms with Crippen molar-refractivity contribution in [1.29, 1.82) is 0 Å². The van der Waals surface area contributed by atoms with E-state index in [2.05, 4.69) is 24.5 Å². The molecule has 8 atom stereocenters. The number of hydrogen-bond donors (Lipinski definition) is 2. The quantitative estimate of drug-likeness (QED) is 0.259. The molecule has 1 heterocycles. The molecule has 0 spiro atoms. The summed E-state index contributed by atoms with van der Waals surface area (Å²) in [6, 6.07) is -1.72. The van der Waals surface area contributed by atoms with Crippen LogP contribution in [0.5, 0.6) is 0 Å². The molecule has 1 unspecified atom stereocenters. The number of rotatable bonds is 17. The lowest BCUT2D eigenvalue weighted by molar-refractivity contribution is -0.148. The van der Waals surface area contributed by atoms with Crippen molar-refractivity contribution < 1.29 is 28.7 Å². The van der Waals surface area contributed by atoms with E-state index < -0.39 is 30.2 Å². The molecule has 0 aliphatic carbocycles. The molecule has 1 rings (SSSR count). The first-order chi connectivity index (χ1) is 20.1. The second-order valence-electron chi connectivity index (χ2n) is 13.1. The Morgan fingerprint density at radius 3 is 1.98 bits per heavy atom. The Balaban J connectivity index is 3.26. The van der Waals surface area contributed by atoms with Crippen LogP contribution in [-0.2, 0) is 28.7 Å². The van der Waals surface area contributed by atoms with Crippen LogP contribution in [0.4, 0.5) is 0 Å². The number of likely N-dealkylation sites (N-methyl/N-ethyl adjacent to an activating group) is 2. The van der Waals surface area contributed by atoms with Gasteiger partial charge in [0.15, 0.2) is 0 Å². The predicted molar refractivity (Wildman–Crippen MR) is 169 cm³/mol. The Labute approximate surface area is 260 Å². The van der Waals surface area contributed by atoms with Gasteiger partial charge in [0.25, 0.3) is 0 Å². The van der Waals surface area contributed by atoms with Crippen molar-refractivity contribution >= 4 is 23.6 Å². The molecule has 0 aromatic rings. The zero-order valence-corrected chi connectivity index (χ0v) is 29.1. The van der Waals surface area contributed by atoms with Gasteiger partial charge in [0.1, 0.15) is 6.04 Å². The lowest BCUT2D eigenvalue weighted by atomic mass is 9.89. The van der Waals surface area contributed by atoms with Crippen molar-refractivity contribution in [2.45, 2.75) is 111 Å². The van der Waals surface area contributed by atoms with Gasteiger partial charge in [0.05, 0.1) is 42.7 Å². The van der Waals surface area contributed by atoms with Gasteiger partial charge in [0, 0.05) is 34.9 Å². The number of ether oxygens (including phenoxy) is 2. The topological polar surface area (TPSA) is 121 Å². The Morgan fingerprint density at radius 2 is 1.53 bits per heavy atom. The number of carbonyl (C=O) groups is 4. The molecule has 11 nitrogen and oxygen atoms in total. The average molecular weight is 612 g/mol. The van der Waals surface area contributed by atoms with E-state index in [1.54, 1.807) is 33.2 Å². The second kappa shape index (κ2) is 17.9. The molecule has 0 saturated carbocycles. The molecule has 0 aromatic carbocycles. The largest absolute Gasteiger partial charge is 0.379 e. The van der Waals surface area contributed by atoms with Gasteiger partial charge < -0.3 is 29.9 Å². The highest BCUT2D eigenvalue weighted by Crippen LogP contribution is 2.29. The Bertz CT molecular complexity index is 905. The molecule has 2 N–H and O–H groups in total. The fourth-order valence-corrected chi connectivity index (χ4v) is 6.64.